The smallest absolute Gasteiger partial charge is 0.405 e. The molecule has 1 rings (SSSR count). The van der Waals surface area contributed by atoms with Crippen LogP contribution in [0.3, 0.4) is 0 Å². The Morgan fingerprint density at radius 1 is 1.29 bits per heavy atom. The van der Waals surface area contributed by atoms with Gasteiger partial charge in [-0.1, -0.05) is 25.1 Å². The maximum absolute atomic E-state index is 12.5. The molecule has 0 saturated carbocycles. The summed E-state index contributed by atoms with van der Waals surface area (Å²) in [6.07, 6.45) is -4.72. The number of alkyl halides is 3. The van der Waals surface area contributed by atoms with E-state index in [9.17, 15) is 13.2 Å². The van der Waals surface area contributed by atoms with Crippen molar-refractivity contribution in [1.82, 2.24) is 4.90 Å². The van der Waals surface area contributed by atoms with Gasteiger partial charge in [0, 0.05) is 25.8 Å². The number of para-hydroxylation sites is 1. The number of hydrogen-bond acceptors (Lipinski definition) is 4. The van der Waals surface area contributed by atoms with Crippen molar-refractivity contribution in [3.05, 3.63) is 29.8 Å². The highest BCUT2D eigenvalue weighted by molar-refractivity contribution is 5.36. The fourth-order valence-electron chi connectivity index (χ4n) is 2.19. The van der Waals surface area contributed by atoms with E-state index < -0.39 is 6.36 Å². The first-order valence-electron chi connectivity index (χ1n) is 6.70. The highest BCUT2D eigenvalue weighted by Crippen LogP contribution is 2.32. The van der Waals surface area contributed by atoms with Crippen molar-refractivity contribution >= 4 is 0 Å². The molecule has 0 fully saturated rings. The molecule has 0 aliphatic carbocycles. The molecule has 1 atom stereocenters. The molecule has 4 nitrogen and oxygen atoms in total. The average molecular weight is 306 g/mol. The lowest BCUT2D eigenvalue weighted by Gasteiger charge is -2.31. The molecule has 21 heavy (non-hydrogen) atoms. The maximum atomic E-state index is 12.5. The van der Waals surface area contributed by atoms with Crippen LogP contribution in [0.5, 0.6) is 5.75 Å². The molecule has 1 aromatic carbocycles. The van der Waals surface area contributed by atoms with Gasteiger partial charge in [0.05, 0.1) is 12.6 Å². The van der Waals surface area contributed by atoms with E-state index in [0.717, 1.165) is 0 Å². The third kappa shape index (κ3) is 5.53. The lowest BCUT2D eigenvalue weighted by atomic mass is 10.0. The topological polar surface area (TPSA) is 47.7 Å². The molecule has 0 saturated heterocycles. The number of rotatable bonds is 8. The number of nitrogens with zero attached hydrogens (tertiary/aromatic N) is 1. The largest absolute Gasteiger partial charge is 0.573 e. The van der Waals surface area contributed by atoms with Gasteiger partial charge >= 0.3 is 6.36 Å². The number of methoxy groups -OCH3 is 1. The Kier molecular flexibility index (Phi) is 6.94. The standard InChI is InChI=1S/C14H21F3N2O2/c1-3-19(8-9-20-2)12(10-18)11-6-4-5-7-13(11)21-14(15,16)17/h4-7,12H,3,8-10,18H2,1-2H3. The minimum Gasteiger partial charge on any atom is -0.405 e. The van der Waals surface area contributed by atoms with Gasteiger partial charge < -0.3 is 15.2 Å². The minimum absolute atomic E-state index is 0.190. The molecular formula is C14H21F3N2O2. The lowest BCUT2D eigenvalue weighted by molar-refractivity contribution is -0.275. The summed E-state index contributed by atoms with van der Waals surface area (Å²) in [4.78, 5) is 1.96. The molecule has 0 spiro atoms. The van der Waals surface area contributed by atoms with E-state index in [2.05, 4.69) is 4.74 Å². The van der Waals surface area contributed by atoms with Crippen LogP contribution in [0, 0.1) is 0 Å². The van der Waals surface area contributed by atoms with Crippen LogP contribution in [0.1, 0.15) is 18.5 Å². The second kappa shape index (κ2) is 8.21. The van der Waals surface area contributed by atoms with Crippen LogP contribution in [0.15, 0.2) is 24.3 Å². The molecule has 0 aliphatic heterocycles. The Hall–Kier alpha value is -1.31. The summed E-state index contributed by atoms with van der Waals surface area (Å²) in [6, 6.07) is 5.72. The Labute approximate surface area is 122 Å². The van der Waals surface area contributed by atoms with Crippen LogP contribution in [0.2, 0.25) is 0 Å². The van der Waals surface area contributed by atoms with Gasteiger partial charge in [-0.05, 0) is 12.6 Å². The Morgan fingerprint density at radius 3 is 2.48 bits per heavy atom. The van der Waals surface area contributed by atoms with Crippen molar-refractivity contribution in [2.24, 2.45) is 5.73 Å². The lowest BCUT2D eigenvalue weighted by Crippen LogP contribution is -2.36. The zero-order valence-electron chi connectivity index (χ0n) is 12.2. The number of hydrogen-bond donors (Lipinski definition) is 1. The molecule has 0 aromatic heterocycles. The van der Waals surface area contributed by atoms with E-state index in [-0.39, 0.29) is 18.3 Å². The summed E-state index contributed by atoms with van der Waals surface area (Å²) >= 11 is 0. The number of ether oxygens (including phenoxy) is 2. The fourth-order valence-corrected chi connectivity index (χ4v) is 2.19. The quantitative estimate of drug-likeness (QED) is 0.802. The van der Waals surface area contributed by atoms with Crippen molar-refractivity contribution in [1.29, 1.82) is 0 Å². The summed E-state index contributed by atoms with van der Waals surface area (Å²) in [5.74, 6) is -0.212. The van der Waals surface area contributed by atoms with Gasteiger partial charge in [0.25, 0.3) is 0 Å². The second-order valence-electron chi connectivity index (χ2n) is 4.46. The number of benzene rings is 1. The van der Waals surface area contributed by atoms with E-state index in [0.29, 0.717) is 25.3 Å². The van der Waals surface area contributed by atoms with Gasteiger partial charge in [-0.15, -0.1) is 13.2 Å². The molecule has 7 heteroatoms. The van der Waals surface area contributed by atoms with E-state index in [1.165, 1.54) is 12.1 Å². The van der Waals surface area contributed by atoms with Crippen LogP contribution in [-0.2, 0) is 4.74 Å². The van der Waals surface area contributed by atoms with Crippen LogP contribution in [0.4, 0.5) is 13.2 Å². The van der Waals surface area contributed by atoms with E-state index >= 15 is 0 Å². The summed E-state index contributed by atoms with van der Waals surface area (Å²) in [7, 11) is 1.58. The van der Waals surface area contributed by atoms with Crippen LogP contribution in [-0.4, -0.2) is 44.6 Å². The van der Waals surface area contributed by atoms with Gasteiger partial charge in [0.2, 0.25) is 0 Å². The molecule has 0 radical (unpaired) electrons. The molecule has 120 valence electrons. The van der Waals surface area contributed by atoms with Crippen LogP contribution < -0.4 is 10.5 Å². The molecule has 0 heterocycles. The molecule has 1 unspecified atom stereocenters. The van der Waals surface area contributed by atoms with Gasteiger partial charge in [0.15, 0.2) is 0 Å². The maximum Gasteiger partial charge on any atom is 0.573 e. The summed E-state index contributed by atoms with van der Waals surface area (Å²) < 4.78 is 46.6. The van der Waals surface area contributed by atoms with Crippen LogP contribution >= 0.6 is 0 Å². The van der Waals surface area contributed by atoms with E-state index in [1.54, 1.807) is 19.2 Å². The highest BCUT2D eigenvalue weighted by Gasteiger charge is 2.33. The zero-order valence-corrected chi connectivity index (χ0v) is 12.2. The molecule has 2 N–H and O–H groups in total. The summed E-state index contributed by atoms with van der Waals surface area (Å²) in [6.45, 7) is 3.81. The van der Waals surface area contributed by atoms with E-state index in [4.69, 9.17) is 10.5 Å². The molecule has 0 amide bonds. The highest BCUT2D eigenvalue weighted by atomic mass is 19.4. The third-order valence-electron chi connectivity index (χ3n) is 3.16. The fraction of sp³-hybridized carbons (Fsp3) is 0.571. The van der Waals surface area contributed by atoms with Crippen molar-refractivity contribution in [2.75, 3.05) is 33.4 Å². The second-order valence-corrected chi connectivity index (χ2v) is 4.46. The normalized spacial score (nSPS) is 13.5. The first-order valence-corrected chi connectivity index (χ1v) is 6.70. The van der Waals surface area contributed by atoms with Crippen LogP contribution in [0.25, 0.3) is 0 Å². The first kappa shape index (κ1) is 17.7. The van der Waals surface area contributed by atoms with Crippen molar-refractivity contribution < 1.29 is 22.6 Å². The van der Waals surface area contributed by atoms with Crippen molar-refractivity contribution in [3.63, 3.8) is 0 Å². The average Bonchev–Trinajstić information content (AvgIpc) is 2.43. The van der Waals surface area contributed by atoms with Gasteiger partial charge in [-0.2, -0.15) is 0 Å². The van der Waals surface area contributed by atoms with Gasteiger partial charge in [-0.25, -0.2) is 0 Å². The van der Waals surface area contributed by atoms with Gasteiger partial charge in [-0.3, -0.25) is 4.90 Å². The first-order chi connectivity index (χ1) is 9.92. The third-order valence-corrected chi connectivity index (χ3v) is 3.16. The predicted octanol–water partition coefficient (Wildman–Crippen LogP) is 2.55. The Bertz CT molecular complexity index is 427. The molecule has 0 bridgehead atoms. The monoisotopic (exact) mass is 306 g/mol. The minimum atomic E-state index is -4.72. The predicted molar refractivity (Wildman–Crippen MR) is 74.0 cm³/mol. The number of nitrogens with two attached hydrogens (primary N) is 1. The Morgan fingerprint density at radius 2 is 1.95 bits per heavy atom. The van der Waals surface area contributed by atoms with E-state index in [1.807, 2.05) is 11.8 Å². The number of halogens is 3. The summed E-state index contributed by atoms with van der Waals surface area (Å²) in [5.41, 5.74) is 6.19. The SMILES string of the molecule is CCN(CCOC)C(CN)c1ccccc1OC(F)(F)F. The van der Waals surface area contributed by atoms with Crippen molar-refractivity contribution in [3.8, 4) is 5.75 Å². The molecule has 1 aromatic rings. The zero-order chi connectivity index (χ0) is 15.9. The van der Waals surface area contributed by atoms with Gasteiger partial charge in [0.1, 0.15) is 5.75 Å². The van der Waals surface area contributed by atoms with Crippen molar-refractivity contribution in [2.45, 2.75) is 19.3 Å². The number of likely N-dealkylation sites (N-methyl/N-ethyl adjacent to an activating group) is 1. The summed E-state index contributed by atoms with van der Waals surface area (Å²) in [5, 5.41) is 0. The molecule has 0 aliphatic rings. The molecular weight excluding hydrogens is 285 g/mol. The Balaban J connectivity index is 3.03.